The van der Waals surface area contributed by atoms with Crippen LogP contribution >= 0.6 is 0 Å². The largest absolute Gasteiger partial charge is 0.397 e. The summed E-state index contributed by atoms with van der Waals surface area (Å²) < 4.78 is 62.7. The Morgan fingerprint density at radius 3 is 2.33 bits per heavy atom. The van der Waals surface area contributed by atoms with Crippen molar-refractivity contribution in [2.75, 3.05) is 32.8 Å². The van der Waals surface area contributed by atoms with Crippen LogP contribution in [0.15, 0.2) is 16.9 Å². The van der Waals surface area contributed by atoms with E-state index in [1.807, 2.05) is 0 Å². The summed E-state index contributed by atoms with van der Waals surface area (Å²) in [6.45, 7) is 1.54. The lowest BCUT2D eigenvalue weighted by molar-refractivity contribution is -0.180. The maximum absolute atomic E-state index is 13.9. The van der Waals surface area contributed by atoms with E-state index in [9.17, 15) is 17.6 Å². The topological polar surface area (TPSA) is 34.1 Å². The van der Waals surface area contributed by atoms with Gasteiger partial charge in [0.2, 0.25) is 0 Å². The Labute approximate surface area is 119 Å². The molecular weight excluding hydrogens is 292 g/mol. The summed E-state index contributed by atoms with van der Waals surface area (Å²) in [6, 6.07) is 0. The predicted molar refractivity (Wildman–Crippen MR) is 66.5 cm³/mol. The molecule has 0 saturated carbocycles. The van der Waals surface area contributed by atoms with Crippen LogP contribution in [-0.2, 0) is 9.47 Å². The van der Waals surface area contributed by atoms with Gasteiger partial charge in [0.1, 0.15) is 0 Å². The number of likely N-dealkylation sites (tertiary alicyclic amines) is 1. The summed E-state index contributed by atoms with van der Waals surface area (Å²) in [5, 5.41) is 0. The molecule has 0 aromatic carbocycles. The van der Waals surface area contributed by atoms with E-state index in [-0.39, 0.29) is 5.84 Å². The number of amidine groups is 1. The molecule has 21 heavy (non-hydrogen) atoms. The fourth-order valence-corrected chi connectivity index (χ4v) is 2.86. The van der Waals surface area contributed by atoms with E-state index < -0.39 is 30.3 Å². The first kappa shape index (κ1) is 14.8. The van der Waals surface area contributed by atoms with Gasteiger partial charge in [0, 0.05) is 25.9 Å². The zero-order valence-electron chi connectivity index (χ0n) is 11.3. The number of hydrogen-bond acceptors (Lipinski definition) is 4. The predicted octanol–water partition coefficient (Wildman–Crippen LogP) is 2.27. The maximum atomic E-state index is 13.9. The summed E-state index contributed by atoms with van der Waals surface area (Å²) in [5.74, 6) is -3.31. The highest BCUT2D eigenvalue weighted by atomic mass is 19.4. The molecule has 2 saturated heterocycles. The highest BCUT2D eigenvalue weighted by Gasteiger charge is 2.43. The molecule has 2 fully saturated rings. The van der Waals surface area contributed by atoms with E-state index in [4.69, 9.17) is 9.47 Å². The third-order valence-corrected chi connectivity index (χ3v) is 4.06. The van der Waals surface area contributed by atoms with Crippen LogP contribution in [0.25, 0.3) is 0 Å². The molecule has 118 valence electrons. The van der Waals surface area contributed by atoms with Gasteiger partial charge in [0.05, 0.1) is 25.7 Å². The average molecular weight is 308 g/mol. The number of halogens is 4. The number of rotatable bonds is 0. The van der Waals surface area contributed by atoms with Crippen molar-refractivity contribution in [3.63, 3.8) is 0 Å². The van der Waals surface area contributed by atoms with Gasteiger partial charge in [0.25, 0.3) is 0 Å². The van der Waals surface area contributed by atoms with Gasteiger partial charge in [-0.25, -0.2) is 4.39 Å². The Balaban J connectivity index is 1.64. The molecule has 0 amide bonds. The van der Waals surface area contributed by atoms with Crippen LogP contribution in [0.5, 0.6) is 0 Å². The van der Waals surface area contributed by atoms with E-state index in [0.29, 0.717) is 45.2 Å². The zero-order valence-corrected chi connectivity index (χ0v) is 11.3. The number of ether oxygens (including phenoxy) is 2. The third kappa shape index (κ3) is 2.91. The zero-order chi connectivity index (χ0) is 15.1. The van der Waals surface area contributed by atoms with Gasteiger partial charge >= 0.3 is 6.18 Å². The van der Waals surface area contributed by atoms with Gasteiger partial charge in [0.15, 0.2) is 17.4 Å². The molecule has 3 heterocycles. The van der Waals surface area contributed by atoms with Crippen molar-refractivity contribution in [1.82, 2.24) is 4.90 Å². The van der Waals surface area contributed by atoms with Crippen LogP contribution in [0.1, 0.15) is 12.8 Å². The number of piperidine rings is 1. The Hall–Kier alpha value is -1.15. The van der Waals surface area contributed by atoms with Crippen molar-refractivity contribution in [1.29, 1.82) is 0 Å². The standard InChI is InChI=1S/C13H16F4N2O2/c14-10-7-9(13(15,16)17)8-18-11(10)19-3-1-12(2-4-19)20-5-6-21-12/h7,9H,1-6,8H2. The Kier molecular flexibility index (Phi) is 3.69. The second-order valence-corrected chi connectivity index (χ2v) is 5.42. The molecule has 0 N–H and O–H groups in total. The number of aliphatic imine (C=N–C) groups is 1. The molecule has 0 aromatic rings. The van der Waals surface area contributed by atoms with Crippen LogP contribution in [-0.4, -0.2) is 55.5 Å². The molecular formula is C13H16F4N2O2. The van der Waals surface area contributed by atoms with Crippen LogP contribution in [0, 0.1) is 5.92 Å². The van der Waals surface area contributed by atoms with Crippen LogP contribution < -0.4 is 0 Å². The summed E-state index contributed by atoms with van der Waals surface area (Å²) in [5.41, 5.74) is 0. The molecule has 4 nitrogen and oxygen atoms in total. The minimum absolute atomic E-state index is 0.0170. The smallest absolute Gasteiger partial charge is 0.354 e. The monoisotopic (exact) mass is 308 g/mol. The lowest BCUT2D eigenvalue weighted by Gasteiger charge is -2.39. The SMILES string of the molecule is FC1=CC(C(F)(F)F)CN=C1N1CCC2(CC1)OCCO2. The first-order valence-corrected chi connectivity index (χ1v) is 6.91. The highest BCUT2D eigenvalue weighted by Crippen LogP contribution is 2.34. The third-order valence-electron chi connectivity index (χ3n) is 4.06. The van der Waals surface area contributed by atoms with Gasteiger partial charge in [-0.2, -0.15) is 13.2 Å². The second kappa shape index (κ2) is 5.24. The summed E-state index contributed by atoms with van der Waals surface area (Å²) in [6.07, 6.45) is -2.72. The summed E-state index contributed by atoms with van der Waals surface area (Å²) >= 11 is 0. The van der Waals surface area contributed by atoms with E-state index in [0.717, 1.165) is 0 Å². The number of hydrogen-bond donors (Lipinski definition) is 0. The number of dihydropyridines is 1. The van der Waals surface area contributed by atoms with Crippen molar-refractivity contribution in [3.05, 3.63) is 11.9 Å². The van der Waals surface area contributed by atoms with Gasteiger partial charge in [-0.3, -0.25) is 4.99 Å². The molecule has 0 aromatic heterocycles. The molecule has 3 aliphatic rings. The van der Waals surface area contributed by atoms with Crippen LogP contribution in [0.3, 0.4) is 0 Å². The first-order valence-electron chi connectivity index (χ1n) is 6.91. The first-order chi connectivity index (χ1) is 9.90. The van der Waals surface area contributed by atoms with Crippen molar-refractivity contribution in [3.8, 4) is 0 Å². The molecule has 1 unspecified atom stereocenters. The van der Waals surface area contributed by atoms with Gasteiger partial charge in [-0.05, 0) is 6.08 Å². The lowest BCUT2D eigenvalue weighted by Crippen LogP contribution is -2.48. The van der Waals surface area contributed by atoms with Crippen molar-refractivity contribution >= 4 is 5.84 Å². The highest BCUT2D eigenvalue weighted by molar-refractivity contribution is 5.97. The molecule has 1 atom stereocenters. The molecule has 8 heteroatoms. The maximum Gasteiger partial charge on any atom is 0.397 e. The molecule has 1 spiro atoms. The quantitative estimate of drug-likeness (QED) is 0.644. The normalized spacial score (nSPS) is 29.5. The second-order valence-electron chi connectivity index (χ2n) is 5.42. The van der Waals surface area contributed by atoms with Crippen LogP contribution in [0.2, 0.25) is 0 Å². The fourth-order valence-electron chi connectivity index (χ4n) is 2.86. The summed E-state index contributed by atoms with van der Waals surface area (Å²) in [4.78, 5) is 5.46. The van der Waals surface area contributed by atoms with Gasteiger partial charge < -0.3 is 14.4 Å². The molecule has 3 aliphatic heterocycles. The molecule has 0 bridgehead atoms. The molecule has 3 rings (SSSR count). The molecule has 0 aliphatic carbocycles. The van der Waals surface area contributed by atoms with Gasteiger partial charge in [-0.15, -0.1) is 0 Å². The molecule has 0 radical (unpaired) electrons. The minimum atomic E-state index is -4.45. The Bertz CT molecular complexity index is 459. The van der Waals surface area contributed by atoms with E-state index in [1.165, 1.54) is 0 Å². The van der Waals surface area contributed by atoms with Crippen molar-refractivity contribution in [2.45, 2.75) is 24.8 Å². The summed E-state index contributed by atoms with van der Waals surface area (Å²) in [7, 11) is 0. The van der Waals surface area contributed by atoms with Crippen molar-refractivity contribution < 1.29 is 27.0 Å². The minimum Gasteiger partial charge on any atom is -0.354 e. The average Bonchev–Trinajstić information content (AvgIpc) is 2.87. The van der Waals surface area contributed by atoms with E-state index >= 15 is 0 Å². The van der Waals surface area contributed by atoms with E-state index in [2.05, 4.69) is 4.99 Å². The van der Waals surface area contributed by atoms with Crippen LogP contribution in [0.4, 0.5) is 17.6 Å². The lowest BCUT2D eigenvalue weighted by atomic mass is 10.0. The fraction of sp³-hybridized carbons (Fsp3) is 0.769. The number of nitrogens with zero attached hydrogens (tertiary/aromatic N) is 2. The van der Waals surface area contributed by atoms with Gasteiger partial charge in [-0.1, -0.05) is 0 Å². The van der Waals surface area contributed by atoms with Crippen molar-refractivity contribution in [2.24, 2.45) is 10.9 Å². The van der Waals surface area contributed by atoms with E-state index in [1.54, 1.807) is 4.90 Å². The Morgan fingerprint density at radius 1 is 1.19 bits per heavy atom. The Morgan fingerprint density at radius 2 is 1.81 bits per heavy atom. The number of alkyl halides is 3.